The van der Waals surface area contributed by atoms with Crippen molar-refractivity contribution in [2.45, 2.75) is 49.9 Å². The molecule has 102 valence electrons. The summed E-state index contributed by atoms with van der Waals surface area (Å²) in [6.07, 6.45) is -5.14. The monoisotopic (exact) mass is 270 g/mol. The van der Waals surface area contributed by atoms with E-state index in [2.05, 4.69) is 0 Å². The molecule has 17 heavy (non-hydrogen) atoms. The van der Waals surface area contributed by atoms with E-state index >= 15 is 0 Å². The van der Waals surface area contributed by atoms with Crippen molar-refractivity contribution >= 4 is 0 Å². The molecule has 1 fully saturated rings. The van der Waals surface area contributed by atoms with Gasteiger partial charge in [-0.25, -0.2) is 8.78 Å². The Balaban J connectivity index is 3.02. The summed E-state index contributed by atoms with van der Waals surface area (Å²) in [6, 6.07) is 0. The van der Waals surface area contributed by atoms with Gasteiger partial charge in [0.15, 0.2) is 0 Å². The zero-order chi connectivity index (χ0) is 13.5. The van der Waals surface area contributed by atoms with E-state index in [0.717, 1.165) is 0 Å². The molecule has 8 heteroatoms. The van der Waals surface area contributed by atoms with Gasteiger partial charge in [-0.15, -0.1) is 0 Å². The molecule has 1 rings (SSSR count). The Morgan fingerprint density at radius 3 is 1.59 bits per heavy atom. The molecule has 0 N–H and O–H groups in total. The highest BCUT2D eigenvalue weighted by Gasteiger charge is 2.76. The number of rotatable bonds is 4. The van der Waals surface area contributed by atoms with Gasteiger partial charge in [0.05, 0.1) is 0 Å². The summed E-state index contributed by atoms with van der Waals surface area (Å²) in [4.78, 5) is 0. The van der Waals surface area contributed by atoms with E-state index in [1.807, 2.05) is 0 Å². The van der Waals surface area contributed by atoms with Crippen LogP contribution in [0.4, 0.5) is 35.1 Å². The maximum atomic E-state index is 13.2. The van der Waals surface area contributed by atoms with E-state index in [9.17, 15) is 35.1 Å². The first kappa shape index (κ1) is 14.5. The quantitative estimate of drug-likeness (QED) is 0.666. The highest BCUT2D eigenvalue weighted by atomic mass is 19.4. The molecule has 1 aliphatic carbocycles. The SMILES string of the molecule is FC(F)C(F)(F)C(F)(F)C(F)(F)C1CCCC1. The molecule has 0 atom stereocenters. The van der Waals surface area contributed by atoms with Gasteiger partial charge in [-0.05, 0) is 12.8 Å². The van der Waals surface area contributed by atoms with Gasteiger partial charge in [-0.3, -0.25) is 0 Å². The van der Waals surface area contributed by atoms with Crippen LogP contribution >= 0.6 is 0 Å². The van der Waals surface area contributed by atoms with E-state index in [-0.39, 0.29) is 25.7 Å². The van der Waals surface area contributed by atoms with Crippen molar-refractivity contribution in [1.82, 2.24) is 0 Å². The molecule has 0 bridgehead atoms. The number of halogens is 8. The number of hydrogen-bond donors (Lipinski definition) is 0. The molecule has 1 aliphatic rings. The summed E-state index contributed by atoms with van der Waals surface area (Å²) < 4.78 is 101. The normalized spacial score (nSPS) is 20.3. The van der Waals surface area contributed by atoms with Gasteiger partial charge < -0.3 is 0 Å². The largest absolute Gasteiger partial charge is 0.378 e. The van der Waals surface area contributed by atoms with Gasteiger partial charge in [-0.2, -0.15) is 26.3 Å². The van der Waals surface area contributed by atoms with E-state index in [0.29, 0.717) is 0 Å². The van der Waals surface area contributed by atoms with Crippen LogP contribution in [0, 0.1) is 5.92 Å². The van der Waals surface area contributed by atoms with Crippen LogP contribution in [0.5, 0.6) is 0 Å². The first-order chi connectivity index (χ1) is 7.55. The summed E-state index contributed by atoms with van der Waals surface area (Å²) in [7, 11) is 0. The smallest absolute Gasteiger partial charge is 0.203 e. The van der Waals surface area contributed by atoms with Crippen LogP contribution in [0.1, 0.15) is 25.7 Å². The predicted octanol–water partition coefficient (Wildman–Crippen LogP) is 4.35. The van der Waals surface area contributed by atoms with Gasteiger partial charge in [-0.1, -0.05) is 12.8 Å². The fraction of sp³-hybridized carbons (Fsp3) is 1.00. The maximum absolute atomic E-state index is 13.2. The van der Waals surface area contributed by atoms with Crippen LogP contribution < -0.4 is 0 Å². The molecule has 0 unspecified atom stereocenters. The highest BCUT2D eigenvalue weighted by Crippen LogP contribution is 2.54. The van der Waals surface area contributed by atoms with Gasteiger partial charge in [0.2, 0.25) is 0 Å². The lowest BCUT2D eigenvalue weighted by Gasteiger charge is -2.35. The van der Waals surface area contributed by atoms with Gasteiger partial charge in [0, 0.05) is 5.92 Å². The van der Waals surface area contributed by atoms with Gasteiger partial charge >= 0.3 is 24.2 Å². The summed E-state index contributed by atoms with van der Waals surface area (Å²) in [5, 5.41) is 0. The van der Waals surface area contributed by atoms with Crippen molar-refractivity contribution in [2.75, 3.05) is 0 Å². The Hall–Kier alpha value is -0.560. The van der Waals surface area contributed by atoms with Crippen molar-refractivity contribution < 1.29 is 35.1 Å². The second-order valence-electron chi connectivity index (χ2n) is 4.10. The van der Waals surface area contributed by atoms with Gasteiger partial charge in [0.1, 0.15) is 0 Å². The number of alkyl halides is 8. The number of hydrogen-bond acceptors (Lipinski definition) is 0. The minimum atomic E-state index is -6.04. The second-order valence-corrected chi connectivity index (χ2v) is 4.10. The predicted molar refractivity (Wildman–Crippen MR) is 42.8 cm³/mol. The minimum Gasteiger partial charge on any atom is -0.203 e. The minimum absolute atomic E-state index is 0.205. The average molecular weight is 270 g/mol. The zero-order valence-corrected chi connectivity index (χ0v) is 8.51. The van der Waals surface area contributed by atoms with Crippen LogP contribution in [-0.4, -0.2) is 24.2 Å². The van der Waals surface area contributed by atoms with E-state index in [1.54, 1.807) is 0 Å². The molecule has 0 nitrogen and oxygen atoms in total. The maximum Gasteiger partial charge on any atom is 0.378 e. The lowest BCUT2D eigenvalue weighted by atomic mass is 9.91. The lowest BCUT2D eigenvalue weighted by Crippen LogP contribution is -2.59. The Morgan fingerprint density at radius 1 is 0.824 bits per heavy atom. The molecule has 0 aromatic rings. The van der Waals surface area contributed by atoms with Crippen molar-refractivity contribution in [1.29, 1.82) is 0 Å². The van der Waals surface area contributed by atoms with Gasteiger partial charge in [0.25, 0.3) is 0 Å². The fourth-order valence-corrected chi connectivity index (χ4v) is 1.90. The van der Waals surface area contributed by atoms with Crippen LogP contribution in [0.2, 0.25) is 0 Å². The molecule has 0 radical (unpaired) electrons. The topological polar surface area (TPSA) is 0 Å². The standard InChI is InChI=1S/C9H10F8/c10-6(11)8(14,15)9(16,17)7(12,13)5-3-1-2-4-5/h5-6H,1-4H2. The molecule has 0 aromatic heterocycles. The Morgan fingerprint density at radius 2 is 1.24 bits per heavy atom. The van der Waals surface area contributed by atoms with Crippen LogP contribution in [0.15, 0.2) is 0 Å². The van der Waals surface area contributed by atoms with Crippen molar-refractivity contribution in [3.05, 3.63) is 0 Å². The molecular formula is C9H10F8. The van der Waals surface area contributed by atoms with Crippen LogP contribution in [-0.2, 0) is 0 Å². The Bertz CT molecular complexity index is 266. The molecule has 1 saturated carbocycles. The molecule has 0 aliphatic heterocycles. The summed E-state index contributed by atoms with van der Waals surface area (Å²) in [6.45, 7) is 0. The van der Waals surface area contributed by atoms with Crippen molar-refractivity contribution in [3.63, 3.8) is 0 Å². The van der Waals surface area contributed by atoms with Crippen LogP contribution in [0.3, 0.4) is 0 Å². The summed E-state index contributed by atoms with van der Waals surface area (Å²) in [5.41, 5.74) is 0. The molecule has 0 spiro atoms. The first-order valence-electron chi connectivity index (χ1n) is 4.96. The molecule has 0 aromatic carbocycles. The van der Waals surface area contributed by atoms with Crippen molar-refractivity contribution in [3.8, 4) is 0 Å². The first-order valence-corrected chi connectivity index (χ1v) is 4.96. The summed E-state index contributed by atoms with van der Waals surface area (Å²) >= 11 is 0. The van der Waals surface area contributed by atoms with Crippen LogP contribution in [0.25, 0.3) is 0 Å². The highest BCUT2D eigenvalue weighted by molar-refractivity contribution is 5.01. The van der Waals surface area contributed by atoms with E-state index < -0.39 is 30.1 Å². The van der Waals surface area contributed by atoms with Crippen molar-refractivity contribution in [2.24, 2.45) is 5.92 Å². The van der Waals surface area contributed by atoms with E-state index in [4.69, 9.17) is 0 Å². The lowest BCUT2D eigenvalue weighted by molar-refractivity contribution is -0.350. The Kier molecular flexibility index (Phi) is 3.65. The van der Waals surface area contributed by atoms with E-state index in [1.165, 1.54) is 0 Å². The average Bonchev–Trinajstić information content (AvgIpc) is 2.69. The second kappa shape index (κ2) is 4.28. The fourth-order valence-electron chi connectivity index (χ4n) is 1.90. The third kappa shape index (κ3) is 2.10. The summed E-state index contributed by atoms with van der Waals surface area (Å²) in [5.74, 6) is -19.2. The third-order valence-electron chi connectivity index (χ3n) is 2.98. The Labute approximate surface area is 92.0 Å². The molecule has 0 saturated heterocycles. The molecular weight excluding hydrogens is 260 g/mol. The zero-order valence-electron chi connectivity index (χ0n) is 8.51. The third-order valence-corrected chi connectivity index (χ3v) is 2.98. The molecule has 0 heterocycles. The molecule has 0 amide bonds.